The molecule has 0 spiro atoms. The van der Waals surface area contributed by atoms with Gasteiger partial charge < -0.3 is 14.9 Å². The Bertz CT molecular complexity index is 840. The molecule has 0 aliphatic heterocycles. The van der Waals surface area contributed by atoms with Gasteiger partial charge in [-0.15, -0.1) is 6.58 Å². The fourth-order valence-electron chi connectivity index (χ4n) is 2.88. The molecule has 0 aromatic heterocycles. The summed E-state index contributed by atoms with van der Waals surface area (Å²) in [5.41, 5.74) is 0.358. The van der Waals surface area contributed by atoms with Crippen LogP contribution < -0.4 is 0 Å². The molecule has 5 nitrogen and oxygen atoms in total. The lowest BCUT2D eigenvalue weighted by Gasteiger charge is -2.32. The fraction of sp³-hybridized carbons (Fsp3) is 0.238. The highest BCUT2D eigenvalue weighted by atomic mass is 16.5. The van der Waals surface area contributed by atoms with E-state index in [4.69, 9.17) is 4.74 Å². The smallest absolute Gasteiger partial charge is 0.336 e. The summed E-state index contributed by atoms with van der Waals surface area (Å²) < 4.78 is 5.35. The van der Waals surface area contributed by atoms with Crippen molar-refractivity contribution < 1.29 is 24.5 Å². The molecule has 1 aromatic carbocycles. The minimum Gasteiger partial charge on any atom is -0.496 e. The minimum atomic E-state index is -1.30. The van der Waals surface area contributed by atoms with Crippen molar-refractivity contribution in [2.45, 2.75) is 19.4 Å². The summed E-state index contributed by atoms with van der Waals surface area (Å²) in [7, 11) is 1.44. The van der Waals surface area contributed by atoms with Crippen molar-refractivity contribution in [1.29, 1.82) is 0 Å². The van der Waals surface area contributed by atoms with Gasteiger partial charge in [-0.2, -0.15) is 0 Å². The predicted octanol–water partition coefficient (Wildman–Crippen LogP) is 3.38. The maximum absolute atomic E-state index is 11.7. The maximum Gasteiger partial charge on any atom is 0.336 e. The van der Waals surface area contributed by atoms with Gasteiger partial charge >= 0.3 is 5.97 Å². The third-order valence-corrected chi connectivity index (χ3v) is 4.63. The van der Waals surface area contributed by atoms with Gasteiger partial charge in [0.05, 0.1) is 18.3 Å². The normalized spacial score (nSPS) is 19.2. The van der Waals surface area contributed by atoms with E-state index in [-0.39, 0.29) is 11.3 Å². The second kappa shape index (κ2) is 7.54. The molecule has 0 heterocycles. The molecule has 26 heavy (non-hydrogen) atoms. The van der Waals surface area contributed by atoms with E-state index in [0.29, 0.717) is 22.5 Å². The summed E-state index contributed by atoms with van der Waals surface area (Å²) >= 11 is 0. The van der Waals surface area contributed by atoms with Crippen LogP contribution >= 0.6 is 0 Å². The molecule has 0 saturated heterocycles. The zero-order chi connectivity index (χ0) is 19.5. The van der Waals surface area contributed by atoms with Crippen LogP contribution in [0.2, 0.25) is 0 Å². The molecule has 1 aromatic rings. The molecule has 2 N–H and O–H groups in total. The van der Waals surface area contributed by atoms with Crippen molar-refractivity contribution in [3.05, 3.63) is 77.6 Å². The zero-order valence-corrected chi connectivity index (χ0v) is 15.0. The van der Waals surface area contributed by atoms with Crippen molar-refractivity contribution >= 4 is 17.3 Å². The van der Waals surface area contributed by atoms with E-state index in [1.54, 1.807) is 38.1 Å². The predicted molar refractivity (Wildman–Crippen MR) is 99.5 cm³/mol. The van der Waals surface area contributed by atoms with Gasteiger partial charge in [-0.05, 0) is 36.3 Å². The van der Waals surface area contributed by atoms with Crippen molar-refractivity contribution in [2.75, 3.05) is 7.11 Å². The second-order valence-electron chi connectivity index (χ2n) is 6.28. The Kier molecular flexibility index (Phi) is 5.63. The topological polar surface area (TPSA) is 83.8 Å². The lowest BCUT2D eigenvalue weighted by atomic mass is 9.77. The van der Waals surface area contributed by atoms with Crippen LogP contribution in [0, 0.1) is 5.92 Å². The lowest BCUT2D eigenvalue weighted by molar-refractivity contribution is -0.110. The average Bonchev–Trinajstić information content (AvgIpc) is 2.63. The molecule has 0 amide bonds. The summed E-state index contributed by atoms with van der Waals surface area (Å²) in [5, 5.41) is 20.3. The minimum absolute atomic E-state index is 0.0995. The van der Waals surface area contributed by atoms with E-state index in [2.05, 4.69) is 6.58 Å². The number of methoxy groups -OCH3 is 1. The Morgan fingerprint density at radius 3 is 2.42 bits per heavy atom. The number of ketones is 1. The van der Waals surface area contributed by atoms with Crippen LogP contribution in [-0.4, -0.2) is 34.7 Å². The molecule has 1 aliphatic rings. The highest BCUT2D eigenvalue weighted by Gasteiger charge is 2.33. The molecule has 1 aliphatic carbocycles. The number of aromatic carboxylic acids is 1. The molecule has 2 atom stereocenters. The number of benzene rings is 1. The molecule has 136 valence electrons. The first-order valence-corrected chi connectivity index (χ1v) is 8.13. The Morgan fingerprint density at radius 1 is 1.27 bits per heavy atom. The molecule has 0 radical (unpaired) electrons. The molecule has 0 fully saturated rings. The van der Waals surface area contributed by atoms with E-state index >= 15 is 0 Å². The van der Waals surface area contributed by atoms with E-state index in [1.165, 1.54) is 31.4 Å². The molecule has 2 rings (SSSR count). The Balaban J connectivity index is 2.86. The van der Waals surface area contributed by atoms with Crippen LogP contribution in [0.15, 0.2) is 66.5 Å². The number of rotatable bonds is 6. The monoisotopic (exact) mass is 354 g/mol. The first-order chi connectivity index (χ1) is 12.2. The molecular formula is C21H22O5. The summed E-state index contributed by atoms with van der Waals surface area (Å²) in [6.07, 6.45) is 5.73. The van der Waals surface area contributed by atoms with Gasteiger partial charge in [0.1, 0.15) is 5.76 Å². The van der Waals surface area contributed by atoms with E-state index in [0.717, 1.165) is 0 Å². The quantitative estimate of drug-likeness (QED) is 0.765. The summed E-state index contributed by atoms with van der Waals surface area (Å²) in [6.45, 7) is 7.05. The number of hydrogen-bond acceptors (Lipinski definition) is 4. The van der Waals surface area contributed by atoms with Crippen molar-refractivity contribution in [3.8, 4) is 0 Å². The van der Waals surface area contributed by atoms with E-state index in [9.17, 15) is 19.8 Å². The third kappa shape index (κ3) is 3.68. The highest BCUT2D eigenvalue weighted by Crippen LogP contribution is 2.39. The maximum atomic E-state index is 11.7. The van der Waals surface area contributed by atoms with Crippen molar-refractivity contribution in [3.63, 3.8) is 0 Å². The van der Waals surface area contributed by atoms with Gasteiger partial charge in [0.15, 0.2) is 5.78 Å². The number of ether oxygens (including phenoxy) is 1. The number of carbonyl (C=O) groups excluding carboxylic acids is 1. The standard InChI is InChI=1S/C21H22O5/c1-5-21(3,25)13(2)19(15-8-6-7-9-16(15)20(23)24)17-11-10-14(22)12-18(17)26-4/h5-13,25H,1H2,2-4H3,(H,23,24)/b19-17+. The number of carbonyl (C=O) groups is 2. The van der Waals surface area contributed by atoms with Crippen molar-refractivity contribution in [2.24, 2.45) is 5.92 Å². The summed E-state index contributed by atoms with van der Waals surface area (Å²) in [4.78, 5) is 23.4. The second-order valence-corrected chi connectivity index (χ2v) is 6.28. The van der Waals surface area contributed by atoms with Crippen LogP contribution in [0.25, 0.3) is 5.57 Å². The van der Waals surface area contributed by atoms with Gasteiger partial charge in [0.25, 0.3) is 0 Å². The number of allylic oxidation sites excluding steroid dienone is 3. The third-order valence-electron chi connectivity index (χ3n) is 4.63. The van der Waals surface area contributed by atoms with E-state index in [1.807, 2.05) is 0 Å². The molecule has 0 saturated carbocycles. The molecule has 2 unspecified atom stereocenters. The van der Waals surface area contributed by atoms with Crippen LogP contribution in [0.4, 0.5) is 0 Å². The Hall–Kier alpha value is -2.92. The number of carboxylic acid groups (broad SMARTS) is 1. The van der Waals surface area contributed by atoms with Crippen molar-refractivity contribution in [1.82, 2.24) is 0 Å². The molecule has 0 bridgehead atoms. The Labute approximate surface area is 152 Å². The lowest BCUT2D eigenvalue weighted by Crippen LogP contribution is -2.32. The zero-order valence-electron chi connectivity index (χ0n) is 15.0. The number of carboxylic acids is 1. The molecular weight excluding hydrogens is 332 g/mol. The van der Waals surface area contributed by atoms with Crippen LogP contribution in [0.1, 0.15) is 29.8 Å². The Morgan fingerprint density at radius 2 is 1.88 bits per heavy atom. The fourth-order valence-corrected chi connectivity index (χ4v) is 2.88. The van der Waals surface area contributed by atoms with E-state index < -0.39 is 17.5 Å². The summed E-state index contributed by atoms with van der Waals surface area (Å²) in [6, 6.07) is 6.55. The van der Waals surface area contributed by atoms with Crippen LogP contribution in [-0.2, 0) is 9.53 Å². The highest BCUT2D eigenvalue weighted by molar-refractivity contribution is 6.04. The molecule has 5 heteroatoms. The number of aliphatic hydroxyl groups is 1. The van der Waals surface area contributed by atoms with Crippen LogP contribution in [0.3, 0.4) is 0 Å². The van der Waals surface area contributed by atoms with Gasteiger partial charge in [0, 0.05) is 17.6 Å². The SMILES string of the molecule is C=CC(C)(O)C(C)/C(=C1/C=CC(=O)C=C1OC)c1ccccc1C(=O)O. The van der Waals surface area contributed by atoms with Gasteiger partial charge in [-0.1, -0.05) is 31.2 Å². The average molecular weight is 354 g/mol. The van der Waals surface area contributed by atoms with Gasteiger partial charge in [0.2, 0.25) is 0 Å². The van der Waals surface area contributed by atoms with Gasteiger partial charge in [-0.25, -0.2) is 4.79 Å². The number of hydrogen-bond donors (Lipinski definition) is 2. The largest absolute Gasteiger partial charge is 0.496 e. The first kappa shape index (κ1) is 19.4. The van der Waals surface area contributed by atoms with Crippen LogP contribution in [0.5, 0.6) is 0 Å². The van der Waals surface area contributed by atoms with Gasteiger partial charge in [-0.3, -0.25) is 4.79 Å². The summed E-state index contributed by atoms with van der Waals surface area (Å²) in [5.74, 6) is -1.51. The first-order valence-electron chi connectivity index (χ1n) is 8.13.